The van der Waals surface area contributed by atoms with Crippen molar-refractivity contribution in [2.45, 2.75) is 26.8 Å². The summed E-state index contributed by atoms with van der Waals surface area (Å²) in [6.45, 7) is 8.33. The molecule has 15 heavy (non-hydrogen) atoms. The first-order valence-electron chi connectivity index (χ1n) is 5.46. The standard InChI is InChI=1S/C11H20N2O2/c1-4-13(10-7-15-8-10)12-11(14)6-5-9(2)3/h5-6,9-10H,4,7-8H2,1-3H3,(H,12,14). The van der Waals surface area contributed by atoms with Crippen LogP contribution in [0.3, 0.4) is 0 Å². The smallest absolute Gasteiger partial charge is 0.257 e. The van der Waals surface area contributed by atoms with Crippen LogP contribution in [0.2, 0.25) is 0 Å². The van der Waals surface area contributed by atoms with Gasteiger partial charge >= 0.3 is 0 Å². The first kappa shape index (κ1) is 12.2. The molecule has 1 saturated heterocycles. The second-order valence-electron chi connectivity index (χ2n) is 4.06. The van der Waals surface area contributed by atoms with Crippen molar-refractivity contribution < 1.29 is 9.53 Å². The molecule has 1 heterocycles. The SMILES string of the molecule is CCN(NC(=O)C=CC(C)C)C1COC1. The largest absolute Gasteiger partial charge is 0.378 e. The van der Waals surface area contributed by atoms with Gasteiger partial charge in [-0.1, -0.05) is 26.8 Å². The Morgan fingerprint density at radius 1 is 1.60 bits per heavy atom. The minimum Gasteiger partial charge on any atom is -0.378 e. The van der Waals surface area contributed by atoms with Gasteiger partial charge in [-0.05, 0) is 5.92 Å². The highest BCUT2D eigenvalue weighted by Gasteiger charge is 2.25. The van der Waals surface area contributed by atoms with E-state index in [1.165, 1.54) is 0 Å². The monoisotopic (exact) mass is 212 g/mol. The van der Waals surface area contributed by atoms with Gasteiger partial charge in [0, 0.05) is 12.6 Å². The van der Waals surface area contributed by atoms with Crippen molar-refractivity contribution >= 4 is 5.91 Å². The fourth-order valence-electron chi connectivity index (χ4n) is 1.29. The Balaban J connectivity index is 2.34. The van der Waals surface area contributed by atoms with Crippen LogP contribution in [-0.2, 0) is 9.53 Å². The summed E-state index contributed by atoms with van der Waals surface area (Å²) in [7, 11) is 0. The Morgan fingerprint density at radius 2 is 2.27 bits per heavy atom. The fourth-order valence-corrected chi connectivity index (χ4v) is 1.29. The molecular formula is C11H20N2O2. The van der Waals surface area contributed by atoms with E-state index in [9.17, 15) is 4.79 Å². The molecular weight excluding hydrogens is 192 g/mol. The number of hydrazine groups is 1. The quantitative estimate of drug-likeness (QED) is 0.545. The van der Waals surface area contributed by atoms with Crippen molar-refractivity contribution in [1.29, 1.82) is 0 Å². The van der Waals surface area contributed by atoms with Crippen molar-refractivity contribution in [3.63, 3.8) is 0 Å². The average Bonchev–Trinajstić information content (AvgIpc) is 2.10. The molecule has 0 aromatic rings. The predicted octanol–water partition coefficient (Wildman–Crippen LogP) is 0.951. The lowest BCUT2D eigenvalue weighted by atomic mass is 10.2. The van der Waals surface area contributed by atoms with Gasteiger partial charge in [-0.25, -0.2) is 5.01 Å². The van der Waals surface area contributed by atoms with Gasteiger partial charge in [-0.2, -0.15) is 0 Å². The van der Waals surface area contributed by atoms with Gasteiger partial charge in [-0.15, -0.1) is 0 Å². The van der Waals surface area contributed by atoms with E-state index in [0.29, 0.717) is 25.2 Å². The topological polar surface area (TPSA) is 41.6 Å². The second-order valence-corrected chi connectivity index (χ2v) is 4.06. The second kappa shape index (κ2) is 5.88. The van der Waals surface area contributed by atoms with E-state index >= 15 is 0 Å². The summed E-state index contributed by atoms with van der Waals surface area (Å²) < 4.78 is 5.09. The van der Waals surface area contributed by atoms with Crippen LogP contribution < -0.4 is 5.43 Å². The normalized spacial score (nSPS) is 17.4. The minimum atomic E-state index is -0.0579. The van der Waals surface area contributed by atoms with Crippen LogP contribution in [0.4, 0.5) is 0 Å². The number of carbonyl (C=O) groups is 1. The molecule has 4 heteroatoms. The first-order valence-corrected chi connectivity index (χ1v) is 5.46. The molecule has 1 fully saturated rings. The summed E-state index contributed by atoms with van der Waals surface area (Å²) in [6, 6.07) is 0.339. The summed E-state index contributed by atoms with van der Waals surface area (Å²) in [4.78, 5) is 11.5. The maximum atomic E-state index is 11.5. The average molecular weight is 212 g/mol. The number of allylic oxidation sites excluding steroid dienone is 1. The van der Waals surface area contributed by atoms with E-state index in [-0.39, 0.29) is 5.91 Å². The molecule has 0 atom stereocenters. The minimum absolute atomic E-state index is 0.0579. The Labute approximate surface area is 91.2 Å². The van der Waals surface area contributed by atoms with Crippen molar-refractivity contribution in [2.75, 3.05) is 19.8 Å². The van der Waals surface area contributed by atoms with Crippen LogP contribution in [0.15, 0.2) is 12.2 Å². The number of ether oxygens (including phenoxy) is 1. The van der Waals surface area contributed by atoms with Crippen LogP contribution >= 0.6 is 0 Å². The number of carbonyl (C=O) groups excluding carboxylic acids is 1. The maximum Gasteiger partial charge on any atom is 0.257 e. The number of nitrogens with one attached hydrogen (secondary N) is 1. The molecule has 86 valence electrons. The van der Waals surface area contributed by atoms with Gasteiger partial charge in [-0.3, -0.25) is 10.2 Å². The third kappa shape index (κ3) is 4.01. The van der Waals surface area contributed by atoms with Crippen molar-refractivity contribution in [3.05, 3.63) is 12.2 Å². The first-order chi connectivity index (χ1) is 7.13. The lowest BCUT2D eigenvalue weighted by molar-refractivity contribution is -0.129. The molecule has 0 aromatic carbocycles. The predicted molar refractivity (Wildman–Crippen MR) is 59.1 cm³/mol. The molecule has 1 rings (SSSR count). The van der Waals surface area contributed by atoms with Crippen LogP contribution in [0.25, 0.3) is 0 Å². The summed E-state index contributed by atoms with van der Waals surface area (Å²) in [5.41, 5.74) is 2.85. The Kier molecular flexibility index (Phi) is 4.78. The number of likely N-dealkylation sites (N-methyl/N-ethyl adjacent to an activating group) is 1. The van der Waals surface area contributed by atoms with E-state index in [4.69, 9.17) is 4.74 Å². The third-order valence-corrected chi connectivity index (χ3v) is 2.29. The Morgan fingerprint density at radius 3 is 2.67 bits per heavy atom. The molecule has 1 aliphatic heterocycles. The van der Waals surface area contributed by atoms with E-state index < -0.39 is 0 Å². The maximum absolute atomic E-state index is 11.5. The highest BCUT2D eigenvalue weighted by atomic mass is 16.5. The number of rotatable bonds is 5. The van der Waals surface area contributed by atoms with E-state index in [2.05, 4.69) is 5.43 Å². The summed E-state index contributed by atoms with van der Waals surface area (Å²) in [5.74, 6) is 0.343. The van der Waals surface area contributed by atoms with Gasteiger partial charge in [0.2, 0.25) is 0 Å². The molecule has 0 saturated carbocycles. The van der Waals surface area contributed by atoms with Crippen molar-refractivity contribution in [1.82, 2.24) is 10.4 Å². The van der Waals surface area contributed by atoms with Gasteiger partial charge in [0.05, 0.1) is 19.3 Å². The highest BCUT2D eigenvalue weighted by Crippen LogP contribution is 2.07. The zero-order valence-corrected chi connectivity index (χ0v) is 9.69. The van der Waals surface area contributed by atoms with Gasteiger partial charge in [0.15, 0.2) is 0 Å². The summed E-state index contributed by atoms with van der Waals surface area (Å²) in [6.07, 6.45) is 3.48. The van der Waals surface area contributed by atoms with Gasteiger partial charge < -0.3 is 4.74 Å². The lowest BCUT2D eigenvalue weighted by Crippen LogP contribution is -2.56. The van der Waals surface area contributed by atoms with Crippen molar-refractivity contribution in [3.8, 4) is 0 Å². The van der Waals surface area contributed by atoms with Gasteiger partial charge in [0.1, 0.15) is 0 Å². The zero-order chi connectivity index (χ0) is 11.3. The van der Waals surface area contributed by atoms with E-state index in [1.807, 2.05) is 31.9 Å². The number of amides is 1. The van der Waals surface area contributed by atoms with Crippen LogP contribution in [0.5, 0.6) is 0 Å². The number of hydrogen-bond donors (Lipinski definition) is 1. The van der Waals surface area contributed by atoms with Gasteiger partial charge in [0.25, 0.3) is 5.91 Å². The Bertz CT molecular complexity index is 235. The van der Waals surface area contributed by atoms with Crippen LogP contribution in [-0.4, -0.2) is 36.7 Å². The number of hydrogen-bond acceptors (Lipinski definition) is 3. The molecule has 0 aliphatic carbocycles. The summed E-state index contributed by atoms with van der Waals surface area (Å²) in [5, 5.41) is 1.93. The molecule has 4 nitrogen and oxygen atoms in total. The van der Waals surface area contributed by atoms with E-state index in [0.717, 1.165) is 6.54 Å². The molecule has 0 spiro atoms. The molecule has 0 unspecified atom stereocenters. The Hall–Kier alpha value is -0.870. The molecule has 0 radical (unpaired) electrons. The zero-order valence-electron chi connectivity index (χ0n) is 9.69. The molecule has 0 aromatic heterocycles. The third-order valence-electron chi connectivity index (χ3n) is 2.29. The number of nitrogens with zero attached hydrogens (tertiary/aromatic N) is 1. The molecule has 0 bridgehead atoms. The fraction of sp³-hybridized carbons (Fsp3) is 0.727. The van der Waals surface area contributed by atoms with Crippen molar-refractivity contribution in [2.24, 2.45) is 5.92 Å². The van der Waals surface area contributed by atoms with Crippen LogP contribution in [0, 0.1) is 5.92 Å². The summed E-state index contributed by atoms with van der Waals surface area (Å²) >= 11 is 0. The lowest BCUT2D eigenvalue weighted by Gasteiger charge is -2.36. The molecule has 1 amide bonds. The van der Waals surface area contributed by atoms with Crippen LogP contribution in [0.1, 0.15) is 20.8 Å². The highest BCUT2D eigenvalue weighted by molar-refractivity contribution is 5.87. The molecule has 1 aliphatic rings. The van der Waals surface area contributed by atoms with E-state index in [1.54, 1.807) is 6.08 Å². The molecule has 1 N–H and O–H groups in total.